The average Bonchev–Trinajstić information content (AvgIpc) is 2.94. The highest BCUT2D eigenvalue weighted by Gasteiger charge is 1.86. The van der Waals surface area contributed by atoms with E-state index in [1.807, 2.05) is 41.5 Å². The summed E-state index contributed by atoms with van der Waals surface area (Å²) >= 11 is 0. The first-order valence-corrected chi connectivity index (χ1v) is 14.1. The lowest BCUT2D eigenvalue weighted by molar-refractivity contribution is 1.09. The highest BCUT2D eigenvalue weighted by atomic mass is 13.9. The highest BCUT2D eigenvalue weighted by Crippen LogP contribution is 2.12. The zero-order valence-electron chi connectivity index (χ0n) is 25.4. The molecule has 0 amide bonds. The van der Waals surface area contributed by atoms with E-state index in [1.165, 1.54) is 40.8 Å². The van der Waals surface area contributed by atoms with Crippen molar-refractivity contribution in [2.45, 2.75) is 102 Å². The van der Waals surface area contributed by atoms with Gasteiger partial charge in [0, 0.05) is 0 Å². The average molecular weight is 479 g/mol. The first kappa shape index (κ1) is 39.6. The summed E-state index contributed by atoms with van der Waals surface area (Å²) in [5.74, 6) is 0. The zero-order chi connectivity index (χ0) is 27.7. The second-order valence-electron chi connectivity index (χ2n) is 6.82. The fourth-order valence-corrected chi connectivity index (χ4v) is 2.27. The Hall–Kier alpha value is -2.60. The predicted octanol–water partition coefficient (Wildman–Crippen LogP) is 13.0. The highest BCUT2D eigenvalue weighted by molar-refractivity contribution is 5.82. The van der Waals surface area contributed by atoms with E-state index in [2.05, 4.69) is 139 Å². The summed E-state index contributed by atoms with van der Waals surface area (Å²) in [4.78, 5) is 0. The summed E-state index contributed by atoms with van der Waals surface area (Å²) in [5, 5.41) is 5.24. The quantitative estimate of drug-likeness (QED) is 0.236. The van der Waals surface area contributed by atoms with Crippen molar-refractivity contribution in [3.05, 3.63) is 97.1 Å². The molecule has 0 unspecified atom stereocenters. The summed E-state index contributed by atoms with van der Waals surface area (Å²) in [5.41, 5.74) is 0. The molecule has 0 radical (unpaired) electrons. The van der Waals surface area contributed by atoms with Crippen LogP contribution in [0.15, 0.2) is 97.1 Å². The van der Waals surface area contributed by atoms with Crippen LogP contribution in [-0.2, 0) is 0 Å². The lowest BCUT2D eigenvalue weighted by Gasteiger charge is -1.92. The Morgan fingerprint density at radius 1 is 0.286 bits per heavy atom. The third-order valence-electron chi connectivity index (χ3n) is 3.32. The fourth-order valence-electron chi connectivity index (χ4n) is 2.27. The number of benzene rings is 4. The molecule has 0 N–H and O–H groups in total. The van der Waals surface area contributed by atoms with Gasteiger partial charge in [0.1, 0.15) is 0 Å². The minimum absolute atomic E-state index is 1.25. The molecule has 4 aromatic carbocycles. The molecule has 4 rings (SSSR count). The molecule has 0 bridgehead atoms. The van der Waals surface area contributed by atoms with Crippen LogP contribution in [0.3, 0.4) is 0 Å². The number of hydrogen-bond acceptors (Lipinski definition) is 0. The van der Waals surface area contributed by atoms with Crippen molar-refractivity contribution in [3.8, 4) is 0 Å². The van der Waals surface area contributed by atoms with Crippen molar-refractivity contribution in [2.75, 3.05) is 0 Å². The fraction of sp³-hybridized carbons (Fsp3) is 0.429. The molecule has 0 saturated carbocycles. The van der Waals surface area contributed by atoms with Crippen LogP contribution in [0.2, 0.25) is 0 Å². The molecule has 0 aliphatic rings. The molecule has 0 spiro atoms. The van der Waals surface area contributed by atoms with Gasteiger partial charge in [0.2, 0.25) is 0 Å². The molecule has 0 heteroatoms. The summed E-state index contributed by atoms with van der Waals surface area (Å²) < 4.78 is 0. The molecule has 0 heterocycles. The third-order valence-corrected chi connectivity index (χ3v) is 3.32. The van der Waals surface area contributed by atoms with Crippen LogP contribution in [0.25, 0.3) is 21.5 Å². The van der Waals surface area contributed by atoms with Crippen molar-refractivity contribution in [3.63, 3.8) is 0 Å². The first-order chi connectivity index (χ1) is 17.2. The van der Waals surface area contributed by atoms with Gasteiger partial charge >= 0.3 is 0 Å². The van der Waals surface area contributed by atoms with Crippen LogP contribution in [0.1, 0.15) is 102 Å². The SMILES string of the molecule is CC.CC.CC.CCC.CCC.CCC.c1ccc2ccccc2c1.c1ccc2ccccc2c1. The molecule has 0 aliphatic carbocycles. The van der Waals surface area contributed by atoms with E-state index in [-0.39, 0.29) is 0 Å². The smallest absolute Gasteiger partial charge is 0.0184 e. The molecule has 198 valence electrons. The zero-order valence-corrected chi connectivity index (χ0v) is 25.4. The van der Waals surface area contributed by atoms with Crippen LogP contribution in [-0.4, -0.2) is 0 Å². The molecule has 0 saturated heterocycles. The lowest BCUT2D eigenvalue weighted by Crippen LogP contribution is -1.67. The molecule has 0 aromatic heterocycles. The maximum Gasteiger partial charge on any atom is -0.0184 e. The molecule has 0 fully saturated rings. The van der Waals surface area contributed by atoms with Gasteiger partial charge in [-0.25, -0.2) is 0 Å². The summed E-state index contributed by atoms with van der Waals surface area (Å²) in [6.07, 6.45) is 3.75. The molecule has 0 atom stereocenters. The van der Waals surface area contributed by atoms with Crippen LogP contribution >= 0.6 is 0 Å². The normalized spacial score (nSPS) is 7.77. The molecule has 4 aromatic rings. The molecular formula is C35H58. The monoisotopic (exact) mass is 478 g/mol. The van der Waals surface area contributed by atoms with E-state index >= 15 is 0 Å². The Balaban J connectivity index is -0.000000180. The second-order valence-corrected chi connectivity index (χ2v) is 6.82. The van der Waals surface area contributed by atoms with Gasteiger partial charge in [-0.3, -0.25) is 0 Å². The lowest BCUT2D eigenvalue weighted by atomic mass is 10.1. The Morgan fingerprint density at radius 3 is 0.457 bits per heavy atom. The van der Waals surface area contributed by atoms with Gasteiger partial charge in [0.15, 0.2) is 0 Å². The Bertz CT molecular complexity index is 654. The van der Waals surface area contributed by atoms with Gasteiger partial charge in [-0.2, -0.15) is 0 Å². The van der Waals surface area contributed by atoms with Gasteiger partial charge in [0.25, 0.3) is 0 Å². The van der Waals surface area contributed by atoms with Crippen LogP contribution < -0.4 is 0 Å². The Kier molecular flexibility index (Phi) is 40.7. The Morgan fingerprint density at radius 2 is 0.371 bits per heavy atom. The minimum Gasteiger partial charge on any atom is -0.0683 e. The van der Waals surface area contributed by atoms with Crippen molar-refractivity contribution in [1.82, 2.24) is 0 Å². The topological polar surface area (TPSA) is 0 Å². The van der Waals surface area contributed by atoms with Crippen molar-refractivity contribution < 1.29 is 0 Å². The number of fused-ring (bicyclic) bond motifs is 2. The van der Waals surface area contributed by atoms with Crippen LogP contribution in [0.4, 0.5) is 0 Å². The maximum atomic E-state index is 2.12. The standard InChI is InChI=1S/2C10H8.3C3H8.3C2H6/c2*1-2-6-10-8-4-3-7-9(10)5-1;3*1-3-2;3*1-2/h2*1-8H;3*3H2,1-2H3;3*1-2H3. The van der Waals surface area contributed by atoms with E-state index in [0.717, 1.165) is 0 Å². The number of hydrogen-bond donors (Lipinski definition) is 0. The Labute approximate surface area is 220 Å². The van der Waals surface area contributed by atoms with Gasteiger partial charge in [-0.1, -0.05) is 199 Å². The first-order valence-electron chi connectivity index (χ1n) is 14.1. The van der Waals surface area contributed by atoms with Gasteiger partial charge < -0.3 is 0 Å². The number of rotatable bonds is 0. The van der Waals surface area contributed by atoms with Gasteiger partial charge in [0.05, 0.1) is 0 Å². The van der Waals surface area contributed by atoms with Crippen LogP contribution in [0, 0.1) is 0 Å². The summed E-state index contributed by atoms with van der Waals surface area (Å²) in [6.45, 7) is 24.8. The van der Waals surface area contributed by atoms with E-state index in [9.17, 15) is 0 Å². The van der Waals surface area contributed by atoms with Gasteiger partial charge in [-0.05, 0) is 21.5 Å². The maximum absolute atomic E-state index is 2.12. The molecule has 0 aliphatic heterocycles. The largest absolute Gasteiger partial charge is 0.0683 e. The molecular weight excluding hydrogens is 420 g/mol. The predicted molar refractivity (Wildman–Crippen MR) is 170 cm³/mol. The van der Waals surface area contributed by atoms with Crippen molar-refractivity contribution in [2.24, 2.45) is 0 Å². The van der Waals surface area contributed by atoms with Crippen molar-refractivity contribution >= 4 is 21.5 Å². The van der Waals surface area contributed by atoms with E-state index in [4.69, 9.17) is 0 Å². The van der Waals surface area contributed by atoms with E-state index < -0.39 is 0 Å². The third kappa shape index (κ3) is 24.3. The van der Waals surface area contributed by atoms with E-state index in [0.29, 0.717) is 0 Å². The minimum atomic E-state index is 1.25. The second kappa shape index (κ2) is 36.0. The van der Waals surface area contributed by atoms with Crippen molar-refractivity contribution in [1.29, 1.82) is 0 Å². The summed E-state index contributed by atoms with van der Waals surface area (Å²) in [7, 11) is 0. The summed E-state index contributed by atoms with van der Waals surface area (Å²) in [6, 6.07) is 33.4. The van der Waals surface area contributed by atoms with Gasteiger partial charge in [-0.15, -0.1) is 0 Å². The molecule has 0 nitrogen and oxygen atoms in total. The van der Waals surface area contributed by atoms with E-state index in [1.54, 1.807) is 0 Å². The van der Waals surface area contributed by atoms with Crippen LogP contribution in [0.5, 0.6) is 0 Å². The molecule has 35 heavy (non-hydrogen) atoms.